The number of ether oxygens (including phenoxy) is 1. The van der Waals surface area contributed by atoms with Gasteiger partial charge in [0.25, 0.3) is 0 Å². The normalized spacial score (nSPS) is 11.2. The highest BCUT2D eigenvalue weighted by Crippen LogP contribution is 2.09. The summed E-state index contributed by atoms with van der Waals surface area (Å²) in [6.07, 6.45) is 22.6. The second-order valence-electron chi connectivity index (χ2n) is 7.52. The Bertz CT molecular complexity index is 514. The van der Waals surface area contributed by atoms with Gasteiger partial charge in [-0.1, -0.05) is 70.4 Å². The van der Waals surface area contributed by atoms with Crippen molar-refractivity contribution in [3.63, 3.8) is 0 Å². The number of esters is 1. The third-order valence-electron chi connectivity index (χ3n) is 4.70. The quantitative estimate of drug-likeness (QED) is 0.120. The van der Waals surface area contributed by atoms with Gasteiger partial charge in [-0.3, -0.25) is 4.79 Å². The lowest BCUT2D eigenvalue weighted by atomic mass is 10.1. The second-order valence-corrected chi connectivity index (χ2v) is 7.52. The number of hydrogen-bond donors (Lipinski definition) is 2. The Morgan fingerprint density at radius 2 is 1.37 bits per heavy atom. The van der Waals surface area contributed by atoms with E-state index in [0.717, 1.165) is 31.8 Å². The number of amides is 1. The summed E-state index contributed by atoms with van der Waals surface area (Å²) in [7, 11) is 0. The first-order valence-electron chi connectivity index (χ1n) is 11.6. The second kappa shape index (κ2) is 21.6. The lowest BCUT2D eigenvalue weighted by Gasteiger charge is -2.05. The Kier molecular flexibility index (Phi) is 20.1. The molecule has 0 bridgehead atoms. The van der Waals surface area contributed by atoms with Gasteiger partial charge in [0.05, 0.1) is 6.54 Å². The molecule has 1 amide bonds. The largest absolute Gasteiger partial charge is 0.478 e. The van der Waals surface area contributed by atoms with Gasteiger partial charge in [-0.2, -0.15) is 0 Å². The molecule has 2 N–H and O–H groups in total. The Morgan fingerprint density at radius 3 is 1.97 bits per heavy atom. The lowest BCUT2D eigenvalue weighted by Crippen LogP contribution is -2.27. The standard InChI is InChI=1S/C24H41NO5/c1-2-3-4-5-6-7-8-9-10-11-12-13-14-15-16-17-22(26)25-20-21-30-24(29)19-18-23(27)28/h9-10,18-19H,2-8,11-17,20-21H2,1H3,(H,25,26)(H,27,28)/b10-9-,19-18+. The number of carbonyl (C=O) groups excluding carboxylic acids is 2. The fourth-order valence-electron chi connectivity index (χ4n) is 2.97. The molecule has 0 spiro atoms. The fraction of sp³-hybridized carbons (Fsp3) is 0.708. The van der Waals surface area contributed by atoms with Crippen LogP contribution in [0.4, 0.5) is 0 Å². The molecule has 0 rings (SSSR count). The van der Waals surface area contributed by atoms with Crippen LogP contribution in [0.15, 0.2) is 24.3 Å². The van der Waals surface area contributed by atoms with Gasteiger partial charge in [0, 0.05) is 18.6 Å². The van der Waals surface area contributed by atoms with E-state index in [1.807, 2.05) is 0 Å². The van der Waals surface area contributed by atoms with Crippen molar-refractivity contribution >= 4 is 17.8 Å². The number of allylic oxidation sites excluding steroid dienone is 2. The number of rotatable bonds is 20. The van der Waals surface area contributed by atoms with Crippen molar-refractivity contribution in [2.45, 2.75) is 96.8 Å². The van der Waals surface area contributed by atoms with Gasteiger partial charge >= 0.3 is 11.9 Å². The van der Waals surface area contributed by atoms with Crippen molar-refractivity contribution in [1.29, 1.82) is 0 Å². The third kappa shape index (κ3) is 22.2. The van der Waals surface area contributed by atoms with Crippen LogP contribution < -0.4 is 5.32 Å². The Morgan fingerprint density at radius 1 is 0.800 bits per heavy atom. The molecule has 0 aliphatic carbocycles. The van der Waals surface area contributed by atoms with E-state index in [-0.39, 0.29) is 19.1 Å². The topological polar surface area (TPSA) is 92.7 Å². The molecule has 0 fully saturated rings. The molecule has 30 heavy (non-hydrogen) atoms. The van der Waals surface area contributed by atoms with E-state index < -0.39 is 11.9 Å². The van der Waals surface area contributed by atoms with Crippen molar-refractivity contribution < 1.29 is 24.2 Å². The van der Waals surface area contributed by atoms with Crippen molar-refractivity contribution in [2.24, 2.45) is 0 Å². The minimum Gasteiger partial charge on any atom is -0.478 e. The molecule has 0 aliphatic rings. The van der Waals surface area contributed by atoms with Gasteiger partial charge < -0.3 is 15.2 Å². The van der Waals surface area contributed by atoms with Crippen LogP contribution in [0.5, 0.6) is 0 Å². The third-order valence-corrected chi connectivity index (χ3v) is 4.70. The summed E-state index contributed by atoms with van der Waals surface area (Å²) in [5.74, 6) is -1.99. The van der Waals surface area contributed by atoms with E-state index in [1.54, 1.807) is 0 Å². The van der Waals surface area contributed by atoms with Gasteiger partial charge in [0.1, 0.15) is 6.61 Å². The predicted octanol–water partition coefficient (Wildman–Crippen LogP) is 5.32. The van der Waals surface area contributed by atoms with E-state index in [4.69, 9.17) is 9.84 Å². The summed E-state index contributed by atoms with van der Waals surface area (Å²) >= 11 is 0. The van der Waals surface area contributed by atoms with Crippen molar-refractivity contribution in [3.05, 3.63) is 24.3 Å². The zero-order valence-electron chi connectivity index (χ0n) is 18.7. The summed E-state index contributed by atoms with van der Waals surface area (Å²) in [6.45, 7) is 2.51. The average molecular weight is 424 g/mol. The number of nitrogens with one attached hydrogen (secondary N) is 1. The van der Waals surface area contributed by atoms with E-state index in [9.17, 15) is 14.4 Å². The summed E-state index contributed by atoms with van der Waals surface area (Å²) in [5.41, 5.74) is 0. The molecule has 172 valence electrons. The molecule has 0 aromatic rings. The molecule has 0 radical (unpaired) electrons. The molecular formula is C24H41NO5. The summed E-state index contributed by atoms with van der Waals surface area (Å²) in [5, 5.41) is 11.1. The van der Waals surface area contributed by atoms with Crippen molar-refractivity contribution in [3.8, 4) is 0 Å². The first-order valence-corrected chi connectivity index (χ1v) is 11.6. The molecule has 0 unspecified atom stereocenters. The fourth-order valence-corrected chi connectivity index (χ4v) is 2.97. The van der Waals surface area contributed by atoms with Gasteiger partial charge in [0.15, 0.2) is 0 Å². The van der Waals surface area contributed by atoms with Crippen LogP contribution in [0.2, 0.25) is 0 Å². The molecule has 0 heterocycles. The monoisotopic (exact) mass is 423 g/mol. The van der Waals surface area contributed by atoms with E-state index in [1.165, 1.54) is 57.8 Å². The summed E-state index contributed by atoms with van der Waals surface area (Å²) < 4.78 is 4.76. The predicted molar refractivity (Wildman–Crippen MR) is 120 cm³/mol. The maximum atomic E-state index is 11.7. The highest BCUT2D eigenvalue weighted by molar-refractivity contribution is 5.90. The average Bonchev–Trinajstić information content (AvgIpc) is 2.72. The van der Waals surface area contributed by atoms with E-state index in [0.29, 0.717) is 12.5 Å². The van der Waals surface area contributed by atoms with E-state index >= 15 is 0 Å². The number of carboxylic acids is 1. The first-order chi connectivity index (χ1) is 14.6. The van der Waals surface area contributed by atoms with Crippen LogP contribution >= 0.6 is 0 Å². The smallest absolute Gasteiger partial charge is 0.331 e. The van der Waals surface area contributed by atoms with Gasteiger partial charge in [-0.15, -0.1) is 0 Å². The maximum absolute atomic E-state index is 11.7. The van der Waals surface area contributed by atoms with E-state index in [2.05, 4.69) is 24.4 Å². The van der Waals surface area contributed by atoms with Gasteiger partial charge in [-0.05, 0) is 32.1 Å². The van der Waals surface area contributed by atoms with Crippen LogP contribution in [0, 0.1) is 0 Å². The molecule has 0 saturated carbocycles. The van der Waals surface area contributed by atoms with Crippen LogP contribution in [0.1, 0.15) is 96.8 Å². The van der Waals surface area contributed by atoms with Crippen LogP contribution in [0.25, 0.3) is 0 Å². The molecule has 0 aromatic heterocycles. The lowest BCUT2D eigenvalue weighted by molar-refractivity contribution is -0.139. The summed E-state index contributed by atoms with van der Waals surface area (Å²) in [6, 6.07) is 0. The SMILES string of the molecule is CCCCCCCC/C=C\CCCCCCCC(=O)NCCOC(=O)/C=C/C(=O)O. The minimum absolute atomic E-state index is 0.0287. The molecule has 0 aromatic carbocycles. The number of carbonyl (C=O) groups is 3. The number of unbranched alkanes of at least 4 members (excludes halogenated alkanes) is 11. The van der Waals surface area contributed by atoms with Crippen LogP contribution in [-0.2, 0) is 19.1 Å². The summed E-state index contributed by atoms with van der Waals surface area (Å²) in [4.78, 5) is 33.1. The van der Waals surface area contributed by atoms with Crippen molar-refractivity contribution in [2.75, 3.05) is 13.2 Å². The Balaban J connectivity index is 3.36. The molecule has 0 saturated heterocycles. The molecule has 6 heteroatoms. The van der Waals surface area contributed by atoms with Gasteiger partial charge in [-0.25, -0.2) is 9.59 Å². The van der Waals surface area contributed by atoms with Crippen molar-refractivity contribution in [1.82, 2.24) is 5.32 Å². The highest BCUT2D eigenvalue weighted by atomic mass is 16.5. The number of carboxylic acid groups (broad SMARTS) is 1. The van der Waals surface area contributed by atoms with Crippen LogP contribution in [0.3, 0.4) is 0 Å². The first kappa shape index (κ1) is 27.9. The zero-order chi connectivity index (χ0) is 22.3. The molecular weight excluding hydrogens is 382 g/mol. The minimum atomic E-state index is -1.21. The zero-order valence-corrected chi connectivity index (χ0v) is 18.7. The number of aliphatic carboxylic acids is 1. The highest BCUT2D eigenvalue weighted by Gasteiger charge is 2.02. The number of hydrogen-bond acceptors (Lipinski definition) is 4. The van der Waals surface area contributed by atoms with Gasteiger partial charge in [0.2, 0.25) is 5.91 Å². The molecule has 6 nitrogen and oxygen atoms in total. The Labute approximate surface area is 182 Å². The Hall–Kier alpha value is -2.11. The maximum Gasteiger partial charge on any atom is 0.331 e. The molecule has 0 aliphatic heterocycles. The van der Waals surface area contributed by atoms with Crippen LogP contribution in [-0.4, -0.2) is 36.1 Å². The molecule has 0 atom stereocenters.